The minimum absolute atomic E-state index is 0.126. The van der Waals surface area contributed by atoms with E-state index in [0.29, 0.717) is 12.2 Å². The summed E-state index contributed by atoms with van der Waals surface area (Å²) in [6.45, 7) is 8.86. The number of carbonyl (C=O) groups is 1. The van der Waals surface area contributed by atoms with Gasteiger partial charge in [-0.25, -0.2) is 22.6 Å². The number of urea groups is 1. The number of para-hydroxylation sites is 1. The predicted molar refractivity (Wildman–Crippen MR) is 131 cm³/mol. The molecule has 176 valence electrons. The first-order valence-corrected chi connectivity index (χ1v) is 12.6. The molecule has 2 amide bonds. The van der Waals surface area contributed by atoms with Crippen LogP contribution in [-0.2, 0) is 28.5 Å². The molecule has 0 fully saturated rings. The molecule has 1 aromatic heterocycles. The van der Waals surface area contributed by atoms with Crippen LogP contribution < -0.4 is 15.4 Å². The van der Waals surface area contributed by atoms with Crippen molar-refractivity contribution in [2.24, 2.45) is 0 Å². The Hall–Kier alpha value is -3.17. The van der Waals surface area contributed by atoms with E-state index in [4.69, 9.17) is 5.10 Å². The molecule has 3 rings (SSSR count). The van der Waals surface area contributed by atoms with Crippen LogP contribution in [0.3, 0.4) is 0 Å². The van der Waals surface area contributed by atoms with Gasteiger partial charge in [0.05, 0.1) is 29.9 Å². The Morgan fingerprint density at radius 2 is 1.70 bits per heavy atom. The largest absolute Gasteiger partial charge is 0.332 e. The minimum atomic E-state index is -3.26. The van der Waals surface area contributed by atoms with Crippen molar-refractivity contribution in [3.63, 3.8) is 0 Å². The molecule has 0 aliphatic heterocycles. The number of benzene rings is 2. The molecule has 0 spiro atoms. The number of rotatable bonds is 7. The third kappa shape index (κ3) is 6.90. The summed E-state index contributed by atoms with van der Waals surface area (Å²) in [5, 5.41) is 10.5. The molecule has 0 saturated heterocycles. The molecule has 0 radical (unpaired) electrons. The summed E-state index contributed by atoms with van der Waals surface area (Å²) in [5.74, 6) is 0. The number of sulfonamides is 1. The van der Waals surface area contributed by atoms with Crippen molar-refractivity contribution in [3.05, 3.63) is 77.1 Å². The number of hydrogen-bond donors (Lipinski definition) is 3. The molecule has 3 aromatic rings. The lowest BCUT2D eigenvalue weighted by atomic mass is 9.92. The third-order valence-corrected chi connectivity index (χ3v) is 5.74. The fraction of sp³-hybridized carbons (Fsp3) is 0.333. The van der Waals surface area contributed by atoms with Gasteiger partial charge in [0.2, 0.25) is 10.0 Å². The predicted octanol–water partition coefficient (Wildman–Crippen LogP) is 3.85. The van der Waals surface area contributed by atoms with Crippen molar-refractivity contribution in [2.75, 3.05) is 11.6 Å². The van der Waals surface area contributed by atoms with Gasteiger partial charge in [0.15, 0.2) is 0 Å². The number of aryl methyl sites for hydroxylation is 1. The Balaban J connectivity index is 1.68. The van der Waals surface area contributed by atoms with Gasteiger partial charge in [0, 0.05) is 17.6 Å². The van der Waals surface area contributed by atoms with Gasteiger partial charge in [-0.2, -0.15) is 5.10 Å². The number of nitrogens with one attached hydrogen (secondary N) is 3. The van der Waals surface area contributed by atoms with Crippen molar-refractivity contribution in [3.8, 4) is 5.69 Å². The van der Waals surface area contributed by atoms with Gasteiger partial charge in [-0.05, 0) is 42.3 Å². The average Bonchev–Trinajstić information content (AvgIpc) is 3.16. The third-order valence-electron chi connectivity index (χ3n) is 5.08. The molecule has 0 unspecified atom stereocenters. The Morgan fingerprint density at radius 3 is 2.30 bits per heavy atom. The summed E-state index contributed by atoms with van der Waals surface area (Å²) in [4.78, 5) is 12.5. The van der Waals surface area contributed by atoms with Crippen LogP contribution in [0.2, 0.25) is 0 Å². The zero-order valence-corrected chi connectivity index (χ0v) is 20.5. The van der Waals surface area contributed by atoms with Crippen molar-refractivity contribution in [1.29, 1.82) is 0 Å². The van der Waals surface area contributed by atoms with Gasteiger partial charge >= 0.3 is 6.03 Å². The molecule has 1 heterocycles. The van der Waals surface area contributed by atoms with E-state index in [-0.39, 0.29) is 18.0 Å². The molecule has 9 heteroatoms. The van der Waals surface area contributed by atoms with E-state index in [1.807, 2.05) is 41.9 Å². The standard InChI is InChI=1S/C24H31N5O3S/c1-17-8-6-7-9-21(17)29-20(14-22(28-29)24(2,3)4)16-25-23(30)27-19-12-10-18(11-13-19)15-26-33(5,31)32/h6-14,26H,15-16H2,1-5H3,(H2,25,27,30). The first-order valence-electron chi connectivity index (χ1n) is 10.7. The first kappa shape index (κ1) is 24.5. The highest BCUT2D eigenvalue weighted by Crippen LogP contribution is 2.24. The molecule has 8 nitrogen and oxygen atoms in total. The maximum atomic E-state index is 12.5. The van der Waals surface area contributed by atoms with E-state index in [1.54, 1.807) is 24.3 Å². The lowest BCUT2D eigenvalue weighted by molar-refractivity contribution is 0.251. The van der Waals surface area contributed by atoms with E-state index in [2.05, 4.69) is 36.1 Å². The molecule has 0 aliphatic carbocycles. The van der Waals surface area contributed by atoms with Gasteiger partial charge < -0.3 is 10.6 Å². The minimum Gasteiger partial charge on any atom is -0.332 e. The fourth-order valence-corrected chi connectivity index (χ4v) is 3.62. The zero-order valence-electron chi connectivity index (χ0n) is 19.6. The van der Waals surface area contributed by atoms with Gasteiger partial charge in [-0.3, -0.25) is 0 Å². The highest BCUT2D eigenvalue weighted by Gasteiger charge is 2.21. The molecule has 0 saturated carbocycles. The summed E-state index contributed by atoms with van der Waals surface area (Å²) < 4.78 is 26.8. The molecule has 0 bridgehead atoms. The van der Waals surface area contributed by atoms with E-state index >= 15 is 0 Å². The molecule has 0 atom stereocenters. The summed E-state index contributed by atoms with van der Waals surface area (Å²) in [6.07, 6.45) is 1.11. The van der Waals surface area contributed by atoms with Crippen LogP contribution in [0.5, 0.6) is 0 Å². The van der Waals surface area contributed by atoms with Crippen LogP contribution >= 0.6 is 0 Å². The SMILES string of the molecule is Cc1ccccc1-n1nc(C(C)(C)C)cc1CNC(=O)Nc1ccc(CNS(C)(=O)=O)cc1. The second-order valence-corrected chi connectivity index (χ2v) is 10.9. The second kappa shape index (κ2) is 9.76. The van der Waals surface area contributed by atoms with Crippen LogP contribution in [0, 0.1) is 6.92 Å². The van der Waals surface area contributed by atoms with E-state index in [1.165, 1.54) is 0 Å². The molecule has 3 N–H and O–H groups in total. The van der Waals surface area contributed by atoms with Crippen molar-refractivity contribution in [2.45, 2.75) is 46.2 Å². The summed E-state index contributed by atoms with van der Waals surface area (Å²) in [5.41, 5.74) is 5.17. The maximum Gasteiger partial charge on any atom is 0.319 e. The number of aromatic nitrogens is 2. The smallest absolute Gasteiger partial charge is 0.319 e. The van der Waals surface area contributed by atoms with Gasteiger partial charge in [-0.1, -0.05) is 51.1 Å². The van der Waals surface area contributed by atoms with Crippen molar-refractivity contribution in [1.82, 2.24) is 19.8 Å². The Kier molecular flexibility index (Phi) is 7.24. The van der Waals surface area contributed by atoms with E-state index < -0.39 is 10.0 Å². The molecule has 2 aromatic carbocycles. The second-order valence-electron chi connectivity index (χ2n) is 9.07. The van der Waals surface area contributed by atoms with Crippen molar-refractivity contribution < 1.29 is 13.2 Å². The fourth-order valence-electron chi connectivity index (χ4n) is 3.19. The highest BCUT2D eigenvalue weighted by molar-refractivity contribution is 7.88. The molecule has 33 heavy (non-hydrogen) atoms. The molecular weight excluding hydrogens is 438 g/mol. The van der Waals surface area contributed by atoms with Crippen LogP contribution in [0.1, 0.15) is 43.3 Å². The normalized spacial score (nSPS) is 11.9. The topological polar surface area (TPSA) is 105 Å². The highest BCUT2D eigenvalue weighted by atomic mass is 32.2. The van der Waals surface area contributed by atoms with E-state index in [0.717, 1.165) is 34.5 Å². The monoisotopic (exact) mass is 469 g/mol. The Bertz CT molecular complexity index is 1230. The van der Waals surface area contributed by atoms with Crippen molar-refractivity contribution >= 4 is 21.7 Å². The quantitative estimate of drug-likeness (QED) is 0.489. The lowest BCUT2D eigenvalue weighted by Gasteiger charge is -2.14. The molecule has 0 aliphatic rings. The number of hydrogen-bond acceptors (Lipinski definition) is 4. The number of nitrogens with zero attached hydrogens (tertiary/aromatic N) is 2. The van der Waals surface area contributed by atoms with Gasteiger partial charge in [0.1, 0.15) is 0 Å². The summed E-state index contributed by atoms with van der Waals surface area (Å²) in [7, 11) is -3.26. The van der Waals surface area contributed by atoms with Crippen LogP contribution in [0.15, 0.2) is 54.6 Å². The number of anilines is 1. The van der Waals surface area contributed by atoms with Crippen LogP contribution in [0.25, 0.3) is 5.69 Å². The van der Waals surface area contributed by atoms with Gasteiger partial charge in [0.25, 0.3) is 0 Å². The van der Waals surface area contributed by atoms with Crippen LogP contribution in [0.4, 0.5) is 10.5 Å². The summed E-state index contributed by atoms with van der Waals surface area (Å²) in [6, 6.07) is 16.7. The lowest BCUT2D eigenvalue weighted by Crippen LogP contribution is -2.29. The first-order chi connectivity index (χ1) is 15.4. The maximum absolute atomic E-state index is 12.5. The Labute approximate surface area is 195 Å². The molecular formula is C24H31N5O3S. The van der Waals surface area contributed by atoms with E-state index in [9.17, 15) is 13.2 Å². The van der Waals surface area contributed by atoms with Gasteiger partial charge in [-0.15, -0.1) is 0 Å². The van der Waals surface area contributed by atoms with Crippen LogP contribution in [-0.4, -0.2) is 30.5 Å². The summed E-state index contributed by atoms with van der Waals surface area (Å²) >= 11 is 0. The number of amides is 2. The Morgan fingerprint density at radius 1 is 1.03 bits per heavy atom. The number of carbonyl (C=O) groups excluding carboxylic acids is 1. The zero-order chi connectivity index (χ0) is 24.2. The average molecular weight is 470 g/mol.